The number of terminal acetylenes is 1. The van der Waals surface area contributed by atoms with Gasteiger partial charge in [-0.05, 0) is 63.0 Å². The molecule has 0 aliphatic carbocycles. The van der Waals surface area contributed by atoms with Crippen LogP contribution in [0.5, 0.6) is 11.5 Å². The Morgan fingerprint density at radius 3 is 2.65 bits per heavy atom. The van der Waals surface area contributed by atoms with Gasteiger partial charge in [-0.2, -0.15) is 0 Å². The zero-order valence-electron chi connectivity index (χ0n) is 21.5. The number of anilines is 2. The van der Waals surface area contributed by atoms with Crippen LogP contribution in [0.25, 0.3) is 10.9 Å². The predicted octanol–water partition coefficient (Wildman–Crippen LogP) is 4.08. The summed E-state index contributed by atoms with van der Waals surface area (Å²) in [4.78, 5) is 25.8. The van der Waals surface area contributed by atoms with Crippen molar-refractivity contribution in [2.75, 3.05) is 52.3 Å². The van der Waals surface area contributed by atoms with Crippen LogP contribution in [0.3, 0.4) is 0 Å². The Morgan fingerprint density at radius 1 is 1.11 bits per heavy atom. The van der Waals surface area contributed by atoms with E-state index in [0.717, 1.165) is 74.0 Å². The average molecular weight is 500 g/mol. The number of carbonyl (C=O) groups excluding carboxylic acids is 1. The van der Waals surface area contributed by atoms with E-state index in [1.54, 1.807) is 7.11 Å². The Bertz CT molecular complexity index is 1330. The molecule has 192 valence electrons. The lowest BCUT2D eigenvalue weighted by atomic mass is 9.77. The second-order valence-corrected chi connectivity index (χ2v) is 9.89. The fourth-order valence-electron chi connectivity index (χ4n) is 5.39. The highest BCUT2D eigenvalue weighted by Crippen LogP contribution is 2.41. The minimum Gasteiger partial charge on any atom is -0.493 e. The first-order valence-corrected chi connectivity index (χ1v) is 12.8. The van der Waals surface area contributed by atoms with Gasteiger partial charge in [0.05, 0.1) is 24.6 Å². The van der Waals surface area contributed by atoms with Gasteiger partial charge in [0.2, 0.25) is 5.91 Å². The van der Waals surface area contributed by atoms with E-state index >= 15 is 0 Å². The molecule has 0 bridgehead atoms. The Morgan fingerprint density at radius 2 is 1.92 bits per heavy atom. The normalized spacial score (nSPS) is 17.2. The van der Waals surface area contributed by atoms with Crippen molar-refractivity contribution in [2.24, 2.45) is 5.41 Å². The molecule has 2 saturated heterocycles. The lowest BCUT2D eigenvalue weighted by Gasteiger charge is -2.37. The third-order valence-corrected chi connectivity index (χ3v) is 7.63. The molecule has 1 aromatic heterocycles. The van der Waals surface area contributed by atoms with Gasteiger partial charge in [-0.15, -0.1) is 6.42 Å². The van der Waals surface area contributed by atoms with Crippen LogP contribution in [0.15, 0.2) is 42.7 Å². The molecule has 8 nitrogen and oxygen atoms in total. The van der Waals surface area contributed by atoms with Crippen LogP contribution in [-0.4, -0.2) is 72.6 Å². The second kappa shape index (κ2) is 10.7. The molecule has 2 aliphatic rings. The molecule has 0 unspecified atom stereocenters. The molecule has 5 rings (SSSR count). The number of benzene rings is 2. The number of hydrogen-bond acceptors (Lipinski definition) is 7. The van der Waals surface area contributed by atoms with Crippen LogP contribution in [0.1, 0.15) is 31.2 Å². The third kappa shape index (κ3) is 5.18. The van der Waals surface area contributed by atoms with Crippen LogP contribution in [0.2, 0.25) is 0 Å². The van der Waals surface area contributed by atoms with Crippen LogP contribution in [0.4, 0.5) is 11.5 Å². The van der Waals surface area contributed by atoms with Crippen molar-refractivity contribution in [3.63, 3.8) is 0 Å². The largest absolute Gasteiger partial charge is 0.493 e. The van der Waals surface area contributed by atoms with Crippen LogP contribution < -0.4 is 14.8 Å². The van der Waals surface area contributed by atoms with Crippen LogP contribution in [0, 0.1) is 17.8 Å². The van der Waals surface area contributed by atoms with Gasteiger partial charge in [0, 0.05) is 42.8 Å². The predicted molar refractivity (Wildman–Crippen MR) is 144 cm³/mol. The first kappa shape index (κ1) is 24.8. The van der Waals surface area contributed by atoms with Gasteiger partial charge in [0.25, 0.3) is 0 Å². The molecular formula is C29H33N5O3. The molecule has 1 amide bonds. The number of nitrogens with one attached hydrogen (secondary N) is 1. The fraction of sp³-hybridized carbons (Fsp3) is 0.414. The van der Waals surface area contributed by atoms with E-state index < -0.39 is 0 Å². The summed E-state index contributed by atoms with van der Waals surface area (Å²) >= 11 is 0. The molecule has 37 heavy (non-hydrogen) atoms. The zero-order chi connectivity index (χ0) is 25.8. The second-order valence-electron chi connectivity index (χ2n) is 9.89. The SMILES string of the molecule is C#Cc1cccc(Nc2ncnc3cc(OC)c(OCCCN4CCC5(CC4)CCN(C)C5=O)cc23)c1. The van der Waals surface area contributed by atoms with Gasteiger partial charge in [0.1, 0.15) is 12.1 Å². The number of fused-ring (bicyclic) bond motifs is 1. The van der Waals surface area contributed by atoms with Crippen LogP contribution in [-0.2, 0) is 4.79 Å². The highest BCUT2D eigenvalue weighted by atomic mass is 16.5. The quantitative estimate of drug-likeness (QED) is 0.370. The van der Waals surface area contributed by atoms with Crippen molar-refractivity contribution >= 4 is 28.3 Å². The molecule has 2 aliphatic heterocycles. The zero-order valence-corrected chi connectivity index (χ0v) is 21.5. The number of methoxy groups -OCH3 is 1. The summed E-state index contributed by atoms with van der Waals surface area (Å²) < 4.78 is 11.8. The molecule has 3 heterocycles. The molecule has 0 radical (unpaired) electrons. The lowest BCUT2D eigenvalue weighted by Crippen LogP contribution is -2.44. The van der Waals surface area contributed by atoms with Gasteiger partial charge in [-0.3, -0.25) is 4.79 Å². The van der Waals surface area contributed by atoms with Gasteiger partial charge >= 0.3 is 0 Å². The number of hydrogen-bond donors (Lipinski definition) is 1. The van der Waals surface area contributed by atoms with Crippen molar-refractivity contribution in [2.45, 2.75) is 25.7 Å². The third-order valence-electron chi connectivity index (χ3n) is 7.63. The number of amides is 1. The monoisotopic (exact) mass is 499 g/mol. The van der Waals surface area contributed by atoms with Gasteiger partial charge in [0.15, 0.2) is 11.5 Å². The molecule has 8 heteroatoms. The van der Waals surface area contributed by atoms with Crippen molar-refractivity contribution in [3.05, 3.63) is 48.3 Å². The van der Waals surface area contributed by atoms with Gasteiger partial charge < -0.3 is 24.6 Å². The van der Waals surface area contributed by atoms with E-state index in [-0.39, 0.29) is 5.41 Å². The highest BCUT2D eigenvalue weighted by Gasteiger charge is 2.46. The minimum atomic E-state index is -0.115. The number of ether oxygens (including phenoxy) is 2. The summed E-state index contributed by atoms with van der Waals surface area (Å²) in [6, 6.07) is 11.4. The van der Waals surface area contributed by atoms with E-state index in [4.69, 9.17) is 15.9 Å². The summed E-state index contributed by atoms with van der Waals surface area (Å²) in [5, 5.41) is 4.18. The molecular weight excluding hydrogens is 466 g/mol. The number of carbonyl (C=O) groups is 1. The van der Waals surface area contributed by atoms with Gasteiger partial charge in [-0.25, -0.2) is 9.97 Å². The maximum absolute atomic E-state index is 12.6. The maximum atomic E-state index is 12.6. The van der Waals surface area contributed by atoms with E-state index in [1.807, 2.05) is 48.3 Å². The smallest absolute Gasteiger partial charge is 0.228 e. The van der Waals surface area contributed by atoms with Crippen LogP contribution >= 0.6 is 0 Å². The standard InChI is InChI=1S/C29H33N5O3/c1-4-21-7-5-8-22(17-21)32-27-23-18-26(25(36-3)19-24(23)30-20-31-27)37-16-6-12-34-14-10-29(11-15-34)9-13-33(2)28(29)35/h1,5,7-8,17-20H,6,9-16H2,2-3H3,(H,30,31,32). The Hall–Kier alpha value is -3.83. The topological polar surface area (TPSA) is 79.8 Å². The highest BCUT2D eigenvalue weighted by molar-refractivity contribution is 5.93. The number of piperidine rings is 1. The summed E-state index contributed by atoms with van der Waals surface area (Å²) in [6.07, 6.45) is 10.9. The molecule has 3 aromatic rings. The first-order valence-electron chi connectivity index (χ1n) is 12.8. The summed E-state index contributed by atoms with van der Waals surface area (Å²) in [6.45, 7) is 4.32. The number of rotatable bonds is 8. The summed E-state index contributed by atoms with van der Waals surface area (Å²) in [7, 11) is 3.55. The van der Waals surface area contributed by atoms with Crippen molar-refractivity contribution in [1.82, 2.24) is 19.8 Å². The summed E-state index contributed by atoms with van der Waals surface area (Å²) in [5.41, 5.74) is 2.28. The first-order chi connectivity index (χ1) is 18.0. The molecule has 0 saturated carbocycles. The van der Waals surface area contributed by atoms with E-state index in [9.17, 15) is 4.79 Å². The number of nitrogens with zero attached hydrogens (tertiary/aromatic N) is 4. The van der Waals surface area contributed by atoms with E-state index in [2.05, 4.69) is 26.1 Å². The minimum absolute atomic E-state index is 0.115. The Kier molecular flexibility index (Phi) is 7.15. The van der Waals surface area contributed by atoms with E-state index in [1.165, 1.54) is 6.33 Å². The Labute approximate surface area is 218 Å². The molecule has 2 fully saturated rings. The van der Waals surface area contributed by atoms with Crippen molar-refractivity contribution in [1.29, 1.82) is 0 Å². The number of likely N-dealkylation sites (tertiary alicyclic amines) is 2. The average Bonchev–Trinajstić information content (AvgIpc) is 3.20. The van der Waals surface area contributed by atoms with Crippen molar-refractivity contribution in [3.8, 4) is 23.8 Å². The van der Waals surface area contributed by atoms with Gasteiger partial charge in [-0.1, -0.05) is 12.0 Å². The fourth-order valence-corrected chi connectivity index (χ4v) is 5.39. The maximum Gasteiger partial charge on any atom is 0.228 e. The van der Waals surface area contributed by atoms with E-state index in [0.29, 0.717) is 29.8 Å². The number of aromatic nitrogens is 2. The molecule has 1 spiro atoms. The van der Waals surface area contributed by atoms with Crippen molar-refractivity contribution < 1.29 is 14.3 Å². The molecule has 0 atom stereocenters. The summed E-state index contributed by atoms with van der Waals surface area (Å²) in [5.74, 6) is 4.94. The molecule has 2 aromatic carbocycles. The lowest BCUT2D eigenvalue weighted by molar-refractivity contribution is -0.137. The Balaban J connectivity index is 1.22. The molecule has 1 N–H and O–H groups in total.